The molecule has 0 aliphatic carbocycles. The Morgan fingerprint density at radius 2 is 2.00 bits per heavy atom. The molecule has 1 amide bonds. The van der Waals surface area contributed by atoms with Crippen molar-refractivity contribution < 1.29 is 4.79 Å². The van der Waals surface area contributed by atoms with Crippen LogP contribution >= 0.6 is 0 Å². The van der Waals surface area contributed by atoms with Gasteiger partial charge in [0.2, 0.25) is 5.91 Å². The number of amides is 1. The zero-order chi connectivity index (χ0) is 9.02. The molecule has 0 bridgehead atoms. The molecule has 0 rings (SSSR count). The van der Waals surface area contributed by atoms with Crippen molar-refractivity contribution in [1.29, 1.82) is 0 Å². The molecule has 11 heavy (non-hydrogen) atoms. The molecule has 3 N–H and O–H groups in total. The number of carbonyl (C=O) groups is 1. The van der Waals surface area contributed by atoms with Gasteiger partial charge < -0.3 is 11.1 Å². The van der Waals surface area contributed by atoms with E-state index in [0.29, 0.717) is 0 Å². The van der Waals surface area contributed by atoms with E-state index < -0.39 is 6.04 Å². The standard InChI is InChI=1S/C8H16N2O/c1-5(2)7(8(9)11)10-6(3)4/h6-7,10H,1H2,2-4H3,(H2,9,11). The first-order valence-electron chi connectivity index (χ1n) is 3.66. The molecule has 0 heterocycles. The molecule has 0 aromatic heterocycles. The summed E-state index contributed by atoms with van der Waals surface area (Å²) in [5.74, 6) is -0.369. The van der Waals surface area contributed by atoms with Crippen LogP contribution in [-0.2, 0) is 4.79 Å². The van der Waals surface area contributed by atoms with Crippen LogP contribution in [0.1, 0.15) is 20.8 Å². The van der Waals surface area contributed by atoms with Gasteiger partial charge in [-0.2, -0.15) is 0 Å². The zero-order valence-electron chi connectivity index (χ0n) is 7.35. The van der Waals surface area contributed by atoms with Crippen molar-refractivity contribution in [1.82, 2.24) is 5.32 Å². The maximum atomic E-state index is 10.8. The number of nitrogens with two attached hydrogens (primary N) is 1. The summed E-state index contributed by atoms with van der Waals surface area (Å²) in [7, 11) is 0. The monoisotopic (exact) mass is 156 g/mol. The molecule has 0 saturated carbocycles. The lowest BCUT2D eigenvalue weighted by molar-refractivity contribution is -0.119. The number of hydrogen-bond acceptors (Lipinski definition) is 2. The summed E-state index contributed by atoms with van der Waals surface area (Å²) < 4.78 is 0. The molecule has 0 aliphatic rings. The van der Waals surface area contributed by atoms with Gasteiger partial charge in [0.25, 0.3) is 0 Å². The fourth-order valence-corrected chi connectivity index (χ4v) is 0.801. The molecule has 64 valence electrons. The lowest BCUT2D eigenvalue weighted by atomic mass is 10.1. The van der Waals surface area contributed by atoms with Gasteiger partial charge >= 0.3 is 0 Å². The van der Waals surface area contributed by atoms with Gasteiger partial charge in [0, 0.05) is 6.04 Å². The summed E-state index contributed by atoms with van der Waals surface area (Å²) in [6.45, 7) is 9.36. The molecule has 0 radical (unpaired) electrons. The SMILES string of the molecule is C=C(C)C(NC(C)C)C(N)=O. The number of carbonyl (C=O) groups excluding carboxylic acids is 1. The van der Waals surface area contributed by atoms with E-state index >= 15 is 0 Å². The van der Waals surface area contributed by atoms with E-state index in [4.69, 9.17) is 5.73 Å². The van der Waals surface area contributed by atoms with Gasteiger partial charge in [-0.3, -0.25) is 4.79 Å². The fourth-order valence-electron chi connectivity index (χ4n) is 0.801. The van der Waals surface area contributed by atoms with Crippen molar-refractivity contribution in [2.24, 2.45) is 5.73 Å². The Kier molecular flexibility index (Phi) is 3.82. The van der Waals surface area contributed by atoms with Crippen LogP contribution in [0.3, 0.4) is 0 Å². The average Bonchev–Trinajstić information content (AvgIpc) is 1.81. The van der Waals surface area contributed by atoms with Crippen LogP contribution in [0.25, 0.3) is 0 Å². The summed E-state index contributed by atoms with van der Waals surface area (Å²) >= 11 is 0. The predicted molar refractivity (Wildman–Crippen MR) is 46.1 cm³/mol. The van der Waals surface area contributed by atoms with Crippen LogP contribution in [-0.4, -0.2) is 18.0 Å². The van der Waals surface area contributed by atoms with Crippen LogP contribution in [0.2, 0.25) is 0 Å². The third-order valence-electron chi connectivity index (χ3n) is 1.28. The summed E-state index contributed by atoms with van der Waals surface area (Å²) in [6.07, 6.45) is 0. The van der Waals surface area contributed by atoms with Crippen molar-refractivity contribution >= 4 is 5.91 Å². The second-order valence-corrected chi connectivity index (χ2v) is 3.00. The summed E-state index contributed by atoms with van der Waals surface area (Å²) in [5.41, 5.74) is 5.88. The van der Waals surface area contributed by atoms with E-state index in [0.717, 1.165) is 5.57 Å². The normalized spacial score (nSPS) is 13.1. The number of hydrogen-bond donors (Lipinski definition) is 2. The smallest absolute Gasteiger partial charge is 0.238 e. The largest absolute Gasteiger partial charge is 0.368 e. The lowest BCUT2D eigenvalue weighted by Crippen LogP contribution is -2.45. The van der Waals surface area contributed by atoms with Gasteiger partial charge in [0.05, 0.1) is 0 Å². The second kappa shape index (κ2) is 4.13. The third-order valence-corrected chi connectivity index (χ3v) is 1.28. The first kappa shape index (κ1) is 10.2. The molecular formula is C8H16N2O. The highest BCUT2D eigenvalue weighted by atomic mass is 16.1. The van der Waals surface area contributed by atoms with E-state index in [1.54, 1.807) is 6.92 Å². The molecule has 1 unspecified atom stereocenters. The highest BCUT2D eigenvalue weighted by molar-refractivity contribution is 5.82. The molecule has 0 aromatic rings. The highest BCUT2D eigenvalue weighted by Crippen LogP contribution is 1.98. The van der Waals surface area contributed by atoms with E-state index in [9.17, 15) is 4.79 Å². The first-order chi connectivity index (χ1) is 4.95. The molecule has 0 aliphatic heterocycles. The summed E-state index contributed by atoms with van der Waals surface area (Å²) in [6, 6.07) is -0.154. The van der Waals surface area contributed by atoms with Crippen molar-refractivity contribution in [3.8, 4) is 0 Å². The molecule has 0 aromatic carbocycles. The van der Waals surface area contributed by atoms with Crippen molar-refractivity contribution in [3.05, 3.63) is 12.2 Å². The second-order valence-electron chi connectivity index (χ2n) is 3.00. The average molecular weight is 156 g/mol. The molecule has 0 spiro atoms. The van der Waals surface area contributed by atoms with E-state index in [1.807, 2.05) is 13.8 Å². The maximum Gasteiger partial charge on any atom is 0.238 e. The minimum Gasteiger partial charge on any atom is -0.368 e. The van der Waals surface area contributed by atoms with Gasteiger partial charge in [-0.25, -0.2) is 0 Å². The Morgan fingerprint density at radius 1 is 1.55 bits per heavy atom. The van der Waals surface area contributed by atoms with Gasteiger partial charge in [-0.05, 0) is 20.8 Å². The van der Waals surface area contributed by atoms with Crippen LogP contribution in [0.15, 0.2) is 12.2 Å². The first-order valence-corrected chi connectivity index (χ1v) is 3.66. The van der Waals surface area contributed by atoms with Gasteiger partial charge in [-0.1, -0.05) is 12.2 Å². The van der Waals surface area contributed by atoms with Gasteiger partial charge in [-0.15, -0.1) is 0 Å². The Morgan fingerprint density at radius 3 is 2.09 bits per heavy atom. The van der Waals surface area contributed by atoms with Crippen LogP contribution in [0.4, 0.5) is 0 Å². The van der Waals surface area contributed by atoms with Gasteiger partial charge in [0.1, 0.15) is 6.04 Å². The van der Waals surface area contributed by atoms with Crippen LogP contribution in [0, 0.1) is 0 Å². The van der Waals surface area contributed by atoms with Gasteiger partial charge in [0.15, 0.2) is 0 Å². The number of nitrogens with one attached hydrogen (secondary N) is 1. The van der Waals surface area contributed by atoms with E-state index in [1.165, 1.54) is 0 Å². The zero-order valence-corrected chi connectivity index (χ0v) is 7.35. The molecule has 3 heteroatoms. The molecule has 3 nitrogen and oxygen atoms in total. The van der Waals surface area contributed by atoms with Crippen molar-refractivity contribution in [2.75, 3.05) is 0 Å². The predicted octanol–water partition coefficient (Wildman–Crippen LogP) is 0.414. The number of primary amides is 1. The minimum atomic E-state index is -0.394. The van der Waals surface area contributed by atoms with E-state index in [-0.39, 0.29) is 11.9 Å². The Labute approximate surface area is 67.7 Å². The lowest BCUT2D eigenvalue weighted by Gasteiger charge is -2.17. The number of rotatable bonds is 4. The van der Waals surface area contributed by atoms with Crippen LogP contribution in [0.5, 0.6) is 0 Å². The molecule has 0 fully saturated rings. The summed E-state index contributed by atoms with van der Waals surface area (Å²) in [4.78, 5) is 10.8. The minimum absolute atomic E-state index is 0.240. The topological polar surface area (TPSA) is 55.1 Å². The van der Waals surface area contributed by atoms with Crippen molar-refractivity contribution in [2.45, 2.75) is 32.9 Å². The highest BCUT2D eigenvalue weighted by Gasteiger charge is 2.15. The Bertz CT molecular complexity index is 149. The van der Waals surface area contributed by atoms with Crippen LogP contribution < -0.4 is 11.1 Å². The third kappa shape index (κ3) is 3.78. The maximum absolute atomic E-state index is 10.8. The quantitative estimate of drug-likeness (QED) is 0.579. The Balaban J connectivity index is 4.12. The van der Waals surface area contributed by atoms with Crippen molar-refractivity contribution in [3.63, 3.8) is 0 Å². The molecule has 0 saturated heterocycles. The molecule has 1 atom stereocenters. The molecular weight excluding hydrogens is 140 g/mol. The van der Waals surface area contributed by atoms with E-state index in [2.05, 4.69) is 11.9 Å². The summed E-state index contributed by atoms with van der Waals surface area (Å²) in [5, 5.41) is 3.00. The fraction of sp³-hybridized carbons (Fsp3) is 0.625. The Hall–Kier alpha value is -0.830.